The van der Waals surface area contributed by atoms with Gasteiger partial charge in [-0.15, -0.1) is 0 Å². The van der Waals surface area contributed by atoms with Crippen LogP contribution in [0.4, 0.5) is 0 Å². The first-order chi connectivity index (χ1) is 11.6. The second kappa shape index (κ2) is 9.16. The van der Waals surface area contributed by atoms with Crippen LogP contribution >= 0.6 is 0 Å². The molecule has 0 aliphatic rings. The number of nitrogens with zero attached hydrogens (tertiary/aromatic N) is 1. The smallest absolute Gasteiger partial charge is 0.251 e. The lowest BCUT2D eigenvalue weighted by molar-refractivity contribution is -0.131. The van der Waals surface area contributed by atoms with E-state index < -0.39 is 27.7 Å². The number of likely N-dealkylation sites (N-methyl/N-ethyl adjacent to an activating group) is 1. The Morgan fingerprint density at radius 1 is 1.12 bits per heavy atom. The number of hydrogen-bond acceptors (Lipinski definition) is 5. The molecule has 8 nitrogen and oxygen atoms in total. The molecule has 0 aliphatic heterocycles. The summed E-state index contributed by atoms with van der Waals surface area (Å²) in [6.45, 7) is -0.234. The molecule has 0 bridgehead atoms. The van der Waals surface area contributed by atoms with Crippen molar-refractivity contribution in [1.29, 1.82) is 0 Å². The molecule has 25 heavy (non-hydrogen) atoms. The molecule has 1 aromatic carbocycles. The molecule has 1 rings (SSSR count). The van der Waals surface area contributed by atoms with Gasteiger partial charge in [0.15, 0.2) is 0 Å². The molecule has 0 spiro atoms. The summed E-state index contributed by atoms with van der Waals surface area (Å²) in [5, 5.41) is 4.94. The van der Waals surface area contributed by atoms with E-state index in [9.17, 15) is 22.8 Å². The second-order valence-corrected chi connectivity index (χ2v) is 8.08. The summed E-state index contributed by atoms with van der Waals surface area (Å²) in [4.78, 5) is 37.3. The molecule has 0 unspecified atom stereocenters. The Bertz CT molecular complexity index is 717. The highest BCUT2D eigenvalue weighted by molar-refractivity contribution is 7.90. The van der Waals surface area contributed by atoms with Gasteiger partial charge in [0.2, 0.25) is 11.8 Å². The lowest BCUT2D eigenvalue weighted by Gasteiger charge is -2.19. The number of amides is 3. The number of carbonyl (C=O) groups is 3. The second-order valence-electron chi connectivity index (χ2n) is 5.82. The third kappa shape index (κ3) is 7.79. The zero-order valence-electron chi connectivity index (χ0n) is 14.5. The van der Waals surface area contributed by atoms with Crippen molar-refractivity contribution in [3.63, 3.8) is 0 Å². The Balaban J connectivity index is 2.79. The maximum atomic E-state index is 12.3. The highest BCUT2D eigenvalue weighted by Gasteiger charge is 2.23. The van der Waals surface area contributed by atoms with Crippen LogP contribution in [0.3, 0.4) is 0 Å². The summed E-state index contributed by atoms with van der Waals surface area (Å²) >= 11 is 0. The van der Waals surface area contributed by atoms with Crippen LogP contribution in [0.5, 0.6) is 0 Å². The molecule has 0 radical (unpaired) electrons. The summed E-state index contributed by atoms with van der Waals surface area (Å²) < 4.78 is 22.7. The lowest BCUT2D eigenvalue weighted by atomic mass is 10.1. The van der Waals surface area contributed by atoms with E-state index in [4.69, 9.17) is 0 Å². The molecule has 9 heteroatoms. The van der Waals surface area contributed by atoms with E-state index in [1.54, 1.807) is 44.4 Å². The molecule has 138 valence electrons. The fourth-order valence-corrected chi connectivity index (χ4v) is 2.54. The van der Waals surface area contributed by atoms with Crippen LogP contribution in [0.25, 0.3) is 0 Å². The minimum Gasteiger partial charge on any atom is -0.347 e. The maximum absolute atomic E-state index is 12.3. The minimum atomic E-state index is -3.30. The molecule has 0 saturated heterocycles. The van der Waals surface area contributed by atoms with Crippen molar-refractivity contribution in [3.8, 4) is 0 Å². The van der Waals surface area contributed by atoms with Crippen molar-refractivity contribution < 1.29 is 22.8 Å². The van der Waals surface area contributed by atoms with Crippen molar-refractivity contribution in [2.24, 2.45) is 0 Å². The predicted molar refractivity (Wildman–Crippen MR) is 93.7 cm³/mol. The van der Waals surface area contributed by atoms with Crippen molar-refractivity contribution in [2.45, 2.75) is 12.5 Å². The highest BCUT2D eigenvalue weighted by atomic mass is 32.2. The molecular formula is C16H23N3O5S. The zero-order valence-corrected chi connectivity index (χ0v) is 15.3. The topological polar surface area (TPSA) is 113 Å². The number of carbonyl (C=O) groups excluding carboxylic acids is 3. The summed E-state index contributed by atoms with van der Waals surface area (Å²) in [5.41, 5.74) is 0.351. The molecule has 0 aliphatic carbocycles. The third-order valence-electron chi connectivity index (χ3n) is 3.35. The van der Waals surface area contributed by atoms with Gasteiger partial charge in [0.1, 0.15) is 15.9 Å². The first kappa shape index (κ1) is 20.6. The van der Waals surface area contributed by atoms with Crippen LogP contribution in [0, 0.1) is 0 Å². The number of sulfone groups is 1. The Morgan fingerprint density at radius 2 is 1.72 bits per heavy atom. The Morgan fingerprint density at radius 3 is 2.24 bits per heavy atom. The maximum Gasteiger partial charge on any atom is 0.251 e. The number of nitrogens with one attached hydrogen (secondary N) is 2. The summed E-state index contributed by atoms with van der Waals surface area (Å²) in [7, 11) is -0.207. The van der Waals surface area contributed by atoms with Crippen molar-refractivity contribution >= 4 is 27.6 Å². The van der Waals surface area contributed by atoms with Gasteiger partial charge in [0.25, 0.3) is 5.91 Å². The molecule has 0 fully saturated rings. The average Bonchev–Trinajstić information content (AvgIpc) is 2.55. The van der Waals surface area contributed by atoms with Crippen LogP contribution in [0.1, 0.15) is 16.8 Å². The van der Waals surface area contributed by atoms with E-state index in [2.05, 4.69) is 10.6 Å². The molecule has 2 N–H and O–H groups in total. The standard InChI is InChI=1S/C16H23N3O5S/c1-19(2)14(20)11-17-16(22)13(9-10-25(3,23)24)18-15(21)12-7-5-4-6-8-12/h4-8,13H,9-11H2,1-3H3,(H,17,22)(H,18,21)/t13-/m0/s1. The van der Waals surface area contributed by atoms with Crippen LogP contribution in [0.2, 0.25) is 0 Å². The Kier molecular flexibility index (Phi) is 7.56. The average molecular weight is 369 g/mol. The fourth-order valence-electron chi connectivity index (χ4n) is 1.88. The third-order valence-corrected chi connectivity index (χ3v) is 4.33. The van der Waals surface area contributed by atoms with E-state index in [0.29, 0.717) is 5.56 Å². The van der Waals surface area contributed by atoms with E-state index in [1.165, 1.54) is 4.90 Å². The van der Waals surface area contributed by atoms with Crippen LogP contribution < -0.4 is 10.6 Å². The molecule has 3 amide bonds. The van der Waals surface area contributed by atoms with Crippen molar-refractivity contribution in [1.82, 2.24) is 15.5 Å². The number of hydrogen-bond donors (Lipinski definition) is 2. The number of benzene rings is 1. The summed E-state index contributed by atoms with van der Waals surface area (Å²) in [6.07, 6.45) is 0.968. The molecule has 1 atom stereocenters. The van der Waals surface area contributed by atoms with Gasteiger partial charge in [-0.3, -0.25) is 14.4 Å². The Hall–Kier alpha value is -2.42. The van der Waals surface area contributed by atoms with Crippen LogP contribution in [-0.2, 0) is 19.4 Å². The quantitative estimate of drug-likeness (QED) is 0.637. The molecule has 0 heterocycles. The normalized spacial score (nSPS) is 12.1. The van der Waals surface area contributed by atoms with Gasteiger partial charge in [-0.1, -0.05) is 18.2 Å². The lowest BCUT2D eigenvalue weighted by Crippen LogP contribution is -2.49. The van der Waals surface area contributed by atoms with Gasteiger partial charge >= 0.3 is 0 Å². The van der Waals surface area contributed by atoms with Crippen molar-refractivity contribution in [2.75, 3.05) is 32.6 Å². The number of rotatable bonds is 8. The van der Waals surface area contributed by atoms with Gasteiger partial charge in [0.05, 0.1) is 12.3 Å². The SMILES string of the molecule is CN(C)C(=O)CNC(=O)[C@H](CCS(C)(=O)=O)NC(=O)c1ccccc1. The van der Waals surface area contributed by atoms with Gasteiger partial charge in [-0.25, -0.2) is 8.42 Å². The predicted octanol–water partition coefficient (Wildman–Crippen LogP) is -0.576. The zero-order chi connectivity index (χ0) is 19.0. The first-order valence-corrected chi connectivity index (χ1v) is 9.67. The van der Waals surface area contributed by atoms with Crippen LogP contribution in [-0.4, -0.2) is 69.7 Å². The van der Waals surface area contributed by atoms with Gasteiger partial charge < -0.3 is 15.5 Å². The first-order valence-electron chi connectivity index (χ1n) is 7.61. The molecular weight excluding hydrogens is 346 g/mol. The monoisotopic (exact) mass is 369 g/mol. The Labute approximate surface area is 147 Å². The van der Waals surface area contributed by atoms with E-state index in [-0.39, 0.29) is 24.6 Å². The van der Waals surface area contributed by atoms with Gasteiger partial charge in [-0.2, -0.15) is 0 Å². The summed E-state index contributed by atoms with van der Waals surface area (Å²) in [6, 6.07) is 7.20. The summed E-state index contributed by atoms with van der Waals surface area (Å²) in [5.74, 6) is -1.68. The van der Waals surface area contributed by atoms with Crippen molar-refractivity contribution in [3.05, 3.63) is 35.9 Å². The molecule has 0 aromatic heterocycles. The molecule has 0 saturated carbocycles. The fraction of sp³-hybridized carbons (Fsp3) is 0.438. The molecule has 1 aromatic rings. The minimum absolute atomic E-state index is 0.0839. The van der Waals surface area contributed by atoms with E-state index >= 15 is 0 Å². The largest absolute Gasteiger partial charge is 0.347 e. The highest BCUT2D eigenvalue weighted by Crippen LogP contribution is 2.02. The van der Waals surface area contributed by atoms with E-state index in [1.807, 2.05) is 0 Å². The van der Waals surface area contributed by atoms with Gasteiger partial charge in [0, 0.05) is 25.9 Å². The van der Waals surface area contributed by atoms with Crippen LogP contribution in [0.15, 0.2) is 30.3 Å². The van der Waals surface area contributed by atoms with Gasteiger partial charge in [-0.05, 0) is 18.6 Å². The van der Waals surface area contributed by atoms with E-state index in [0.717, 1.165) is 6.26 Å².